The molecule has 0 saturated carbocycles. The van der Waals surface area contributed by atoms with E-state index in [1.165, 1.54) is 17.6 Å². The van der Waals surface area contributed by atoms with Crippen LogP contribution in [0.5, 0.6) is 0 Å². The number of hydrogen-bond acceptors (Lipinski definition) is 3. The maximum Gasteiger partial charge on any atom is 0.262 e. The number of halogens is 1. The highest BCUT2D eigenvalue weighted by Crippen LogP contribution is 2.15. The van der Waals surface area contributed by atoms with Crippen LogP contribution in [0.4, 0.5) is 0 Å². The van der Waals surface area contributed by atoms with E-state index in [0.717, 1.165) is 5.56 Å². The van der Waals surface area contributed by atoms with E-state index in [2.05, 4.69) is 0 Å². The van der Waals surface area contributed by atoms with Crippen LogP contribution in [0, 0.1) is 0 Å². The van der Waals surface area contributed by atoms with Crippen LogP contribution in [0.1, 0.15) is 21.5 Å². The second kappa shape index (κ2) is 6.30. The third kappa shape index (κ3) is 3.18. The van der Waals surface area contributed by atoms with Gasteiger partial charge in [-0.15, -0.1) is 0 Å². The summed E-state index contributed by atoms with van der Waals surface area (Å²) in [5, 5.41) is 0. The van der Waals surface area contributed by atoms with Crippen molar-refractivity contribution in [1.82, 2.24) is 3.96 Å². The molecule has 3 aromatic rings. The molecule has 0 spiro atoms. The third-order valence-corrected chi connectivity index (χ3v) is 4.40. The third-order valence-electron chi connectivity index (χ3n) is 3.26. The zero-order valence-electron chi connectivity index (χ0n) is 11.5. The maximum atomic E-state index is 12.3. The minimum absolute atomic E-state index is 0.0107. The van der Waals surface area contributed by atoms with Crippen molar-refractivity contribution in [3.05, 3.63) is 92.0 Å². The van der Waals surface area contributed by atoms with E-state index < -0.39 is 0 Å². The highest BCUT2D eigenvalue weighted by atomic mass is 35.5. The Labute approximate surface area is 136 Å². The van der Waals surface area contributed by atoms with Gasteiger partial charge >= 0.3 is 0 Å². The van der Waals surface area contributed by atoms with Gasteiger partial charge in [-0.1, -0.05) is 66.2 Å². The predicted molar refractivity (Wildman–Crippen MR) is 89.0 cm³/mol. The number of ketones is 1. The summed E-state index contributed by atoms with van der Waals surface area (Å²) in [5.41, 5.74) is 2.13. The Bertz CT molecular complexity index is 850. The quantitative estimate of drug-likeness (QED) is 0.682. The van der Waals surface area contributed by atoms with Crippen molar-refractivity contribution in [3.8, 4) is 0 Å². The van der Waals surface area contributed by atoms with Gasteiger partial charge in [0.2, 0.25) is 0 Å². The summed E-state index contributed by atoms with van der Waals surface area (Å²) in [4.78, 5) is 23.9. The molecule has 3 nitrogen and oxygen atoms in total. The standard InChI is InChI=1S/C17H12ClNO2S/c18-15-10-16(20)19(22-15)11-12-6-8-14(9-7-12)17(21)13-4-2-1-3-5-13/h1-10H,11H2. The number of benzene rings is 2. The number of nitrogens with zero attached hydrogens (tertiary/aromatic N) is 1. The van der Waals surface area contributed by atoms with Gasteiger partial charge in [0.1, 0.15) is 4.34 Å². The number of carbonyl (C=O) groups excluding carboxylic acids is 1. The molecule has 0 aliphatic carbocycles. The van der Waals surface area contributed by atoms with Gasteiger partial charge in [-0.3, -0.25) is 13.5 Å². The van der Waals surface area contributed by atoms with Crippen molar-refractivity contribution >= 4 is 28.9 Å². The van der Waals surface area contributed by atoms with Crippen LogP contribution >= 0.6 is 23.1 Å². The van der Waals surface area contributed by atoms with Crippen molar-refractivity contribution in [1.29, 1.82) is 0 Å². The summed E-state index contributed by atoms with van der Waals surface area (Å²) in [6.07, 6.45) is 0. The molecular weight excluding hydrogens is 318 g/mol. The van der Waals surface area contributed by atoms with Crippen molar-refractivity contribution in [2.24, 2.45) is 0 Å². The van der Waals surface area contributed by atoms with Crippen molar-refractivity contribution in [3.63, 3.8) is 0 Å². The van der Waals surface area contributed by atoms with E-state index in [-0.39, 0.29) is 11.3 Å². The number of carbonyl (C=O) groups is 1. The molecule has 0 fully saturated rings. The first kappa shape index (κ1) is 14.8. The van der Waals surface area contributed by atoms with Crippen molar-refractivity contribution in [2.75, 3.05) is 0 Å². The molecule has 1 heterocycles. The molecular formula is C17H12ClNO2S. The summed E-state index contributed by atoms with van der Waals surface area (Å²) in [7, 11) is 0. The van der Waals surface area contributed by atoms with Crippen LogP contribution in [-0.4, -0.2) is 9.74 Å². The Morgan fingerprint density at radius 3 is 2.23 bits per heavy atom. The van der Waals surface area contributed by atoms with Gasteiger partial charge in [-0.2, -0.15) is 0 Å². The first-order valence-corrected chi connectivity index (χ1v) is 7.84. The maximum absolute atomic E-state index is 12.3. The van der Waals surface area contributed by atoms with Crippen LogP contribution in [0.3, 0.4) is 0 Å². The molecule has 0 atom stereocenters. The highest BCUT2D eigenvalue weighted by Gasteiger charge is 2.09. The molecule has 0 bridgehead atoms. The lowest BCUT2D eigenvalue weighted by Gasteiger charge is -2.04. The molecule has 1 aromatic heterocycles. The SMILES string of the molecule is O=C(c1ccccc1)c1ccc(Cn2sc(Cl)cc2=O)cc1. The molecule has 0 amide bonds. The van der Waals surface area contributed by atoms with Crippen molar-refractivity contribution < 1.29 is 4.79 Å². The number of rotatable bonds is 4. The Balaban J connectivity index is 1.80. The van der Waals surface area contributed by atoms with E-state index >= 15 is 0 Å². The van der Waals surface area contributed by atoms with Crippen LogP contribution < -0.4 is 5.56 Å². The van der Waals surface area contributed by atoms with Gasteiger partial charge in [-0.25, -0.2) is 0 Å². The van der Waals surface area contributed by atoms with Gasteiger partial charge in [0.05, 0.1) is 6.54 Å². The average Bonchev–Trinajstić information content (AvgIpc) is 2.86. The Kier molecular flexibility index (Phi) is 4.22. The van der Waals surface area contributed by atoms with E-state index in [1.54, 1.807) is 28.2 Å². The lowest BCUT2D eigenvalue weighted by atomic mass is 10.0. The number of hydrogen-bond donors (Lipinski definition) is 0. The normalized spacial score (nSPS) is 10.6. The molecule has 0 N–H and O–H groups in total. The Hall–Kier alpha value is -2.17. The predicted octanol–water partition coefficient (Wildman–Crippen LogP) is 3.84. The van der Waals surface area contributed by atoms with E-state index in [4.69, 9.17) is 11.6 Å². The number of aromatic nitrogens is 1. The van der Waals surface area contributed by atoms with Crippen molar-refractivity contribution in [2.45, 2.75) is 6.54 Å². The molecule has 0 saturated heterocycles. The molecule has 0 aliphatic rings. The smallest absolute Gasteiger partial charge is 0.262 e. The fourth-order valence-corrected chi connectivity index (χ4v) is 3.20. The van der Waals surface area contributed by atoms with Gasteiger partial charge in [0.25, 0.3) is 5.56 Å². The Morgan fingerprint density at radius 2 is 1.64 bits per heavy atom. The largest absolute Gasteiger partial charge is 0.289 e. The molecule has 0 radical (unpaired) electrons. The molecule has 5 heteroatoms. The monoisotopic (exact) mass is 329 g/mol. The minimum atomic E-state index is -0.112. The zero-order chi connectivity index (χ0) is 15.5. The van der Waals surface area contributed by atoms with Gasteiger partial charge in [-0.05, 0) is 17.1 Å². The van der Waals surface area contributed by atoms with Crippen LogP contribution in [0.15, 0.2) is 65.5 Å². The molecule has 22 heavy (non-hydrogen) atoms. The molecule has 0 unspecified atom stereocenters. The highest BCUT2D eigenvalue weighted by molar-refractivity contribution is 7.11. The molecule has 0 aliphatic heterocycles. The average molecular weight is 330 g/mol. The molecule has 2 aromatic carbocycles. The summed E-state index contributed by atoms with van der Waals surface area (Å²) in [6.45, 7) is 0.454. The summed E-state index contributed by atoms with van der Waals surface area (Å²) in [5.74, 6) is -0.0107. The fraction of sp³-hybridized carbons (Fsp3) is 0.0588. The second-order valence-electron chi connectivity index (χ2n) is 4.81. The van der Waals surface area contributed by atoms with Crippen LogP contribution in [0.25, 0.3) is 0 Å². The van der Waals surface area contributed by atoms with Gasteiger partial charge in [0.15, 0.2) is 5.78 Å². The van der Waals surface area contributed by atoms with Gasteiger partial charge < -0.3 is 0 Å². The van der Waals surface area contributed by atoms with E-state index in [9.17, 15) is 9.59 Å². The molecule has 110 valence electrons. The summed E-state index contributed by atoms with van der Waals surface area (Å²) < 4.78 is 2.05. The summed E-state index contributed by atoms with van der Waals surface area (Å²) >= 11 is 7.04. The zero-order valence-corrected chi connectivity index (χ0v) is 13.1. The van der Waals surface area contributed by atoms with Crippen LogP contribution in [0.2, 0.25) is 4.34 Å². The second-order valence-corrected chi connectivity index (χ2v) is 6.50. The lowest BCUT2D eigenvalue weighted by Crippen LogP contribution is -2.12. The Morgan fingerprint density at radius 1 is 1.00 bits per heavy atom. The van der Waals surface area contributed by atoms with E-state index in [1.807, 2.05) is 30.3 Å². The lowest BCUT2D eigenvalue weighted by molar-refractivity contribution is 0.103. The first-order valence-electron chi connectivity index (χ1n) is 6.69. The summed E-state index contributed by atoms with van der Waals surface area (Å²) in [6, 6.07) is 17.8. The topological polar surface area (TPSA) is 39.1 Å². The minimum Gasteiger partial charge on any atom is -0.289 e. The van der Waals surface area contributed by atoms with Gasteiger partial charge in [0, 0.05) is 17.2 Å². The molecule has 3 rings (SSSR count). The van der Waals surface area contributed by atoms with Crippen LogP contribution in [-0.2, 0) is 6.54 Å². The first-order chi connectivity index (χ1) is 10.6. The van der Waals surface area contributed by atoms with E-state index in [0.29, 0.717) is 22.0 Å². The fourth-order valence-electron chi connectivity index (χ4n) is 2.14.